The predicted molar refractivity (Wildman–Crippen MR) is 93.3 cm³/mol. The van der Waals surface area contributed by atoms with Crippen LogP contribution >= 0.6 is 12.2 Å². The van der Waals surface area contributed by atoms with Crippen molar-refractivity contribution in [3.63, 3.8) is 0 Å². The van der Waals surface area contributed by atoms with Crippen molar-refractivity contribution in [1.82, 2.24) is 5.32 Å². The summed E-state index contributed by atoms with van der Waals surface area (Å²) >= 11 is 5.14. The normalized spacial score (nSPS) is 14.3. The fraction of sp³-hybridized carbons (Fsp3) is 0.471. The summed E-state index contributed by atoms with van der Waals surface area (Å²) in [6, 6.07) is 6.76. The number of thiocarbonyl (C=S) groups is 1. The third-order valence-electron chi connectivity index (χ3n) is 3.86. The largest absolute Gasteiger partial charge is 0.462 e. The topological polar surface area (TPSA) is 67.4 Å². The molecule has 0 bridgehead atoms. The summed E-state index contributed by atoms with van der Waals surface area (Å²) in [5.74, 6) is 0.0886. The highest BCUT2D eigenvalue weighted by molar-refractivity contribution is 7.80. The van der Waals surface area contributed by atoms with Crippen LogP contribution in [0.2, 0.25) is 0 Å². The monoisotopic (exact) mass is 334 g/mol. The zero-order chi connectivity index (χ0) is 16.7. The Kier molecular flexibility index (Phi) is 6.52. The number of rotatable bonds is 5. The van der Waals surface area contributed by atoms with E-state index in [0.29, 0.717) is 30.2 Å². The number of carbonyl (C=O) groups is 2. The minimum Gasteiger partial charge on any atom is -0.462 e. The molecule has 1 aromatic carbocycles. The predicted octanol–water partition coefficient (Wildman–Crippen LogP) is 3.26. The molecule has 6 heteroatoms. The van der Waals surface area contributed by atoms with Crippen LogP contribution in [0.1, 0.15) is 49.4 Å². The van der Waals surface area contributed by atoms with Crippen molar-refractivity contribution in [3.8, 4) is 0 Å². The van der Waals surface area contributed by atoms with Gasteiger partial charge in [-0.1, -0.05) is 12.8 Å². The molecule has 23 heavy (non-hydrogen) atoms. The van der Waals surface area contributed by atoms with Crippen molar-refractivity contribution in [3.05, 3.63) is 29.8 Å². The zero-order valence-corrected chi connectivity index (χ0v) is 14.1. The molecular weight excluding hydrogens is 312 g/mol. The summed E-state index contributed by atoms with van der Waals surface area (Å²) < 4.78 is 4.92. The average Bonchev–Trinajstić information content (AvgIpc) is 3.00. The lowest BCUT2D eigenvalue weighted by molar-refractivity contribution is -0.120. The van der Waals surface area contributed by atoms with E-state index < -0.39 is 0 Å². The van der Waals surface area contributed by atoms with Gasteiger partial charge in [0.25, 0.3) is 0 Å². The molecule has 0 unspecified atom stereocenters. The molecule has 0 aliphatic heterocycles. The second-order valence-corrected chi connectivity index (χ2v) is 6.06. The zero-order valence-electron chi connectivity index (χ0n) is 13.3. The Morgan fingerprint density at radius 2 is 1.87 bits per heavy atom. The van der Waals surface area contributed by atoms with Crippen molar-refractivity contribution < 1.29 is 14.3 Å². The van der Waals surface area contributed by atoms with E-state index >= 15 is 0 Å². The maximum Gasteiger partial charge on any atom is 0.338 e. The fourth-order valence-corrected chi connectivity index (χ4v) is 2.95. The van der Waals surface area contributed by atoms with Crippen molar-refractivity contribution in [2.75, 3.05) is 11.9 Å². The van der Waals surface area contributed by atoms with E-state index in [0.717, 1.165) is 12.8 Å². The minimum atomic E-state index is -0.355. The van der Waals surface area contributed by atoms with Crippen LogP contribution in [0.3, 0.4) is 0 Å². The lowest BCUT2D eigenvalue weighted by Gasteiger charge is -2.12. The van der Waals surface area contributed by atoms with Gasteiger partial charge in [-0.3, -0.25) is 4.79 Å². The van der Waals surface area contributed by atoms with Crippen LogP contribution in [0.15, 0.2) is 24.3 Å². The van der Waals surface area contributed by atoms with Gasteiger partial charge in [-0.05, 0) is 62.2 Å². The number of anilines is 1. The van der Waals surface area contributed by atoms with Crippen LogP contribution in [0, 0.1) is 5.92 Å². The Morgan fingerprint density at radius 1 is 1.22 bits per heavy atom. The van der Waals surface area contributed by atoms with Crippen LogP contribution in [0.25, 0.3) is 0 Å². The molecule has 1 amide bonds. The van der Waals surface area contributed by atoms with Gasteiger partial charge in [0, 0.05) is 12.1 Å². The van der Waals surface area contributed by atoms with E-state index in [1.165, 1.54) is 12.8 Å². The maximum absolute atomic E-state index is 11.9. The second kappa shape index (κ2) is 8.62. The molecule has 0 heterocycles. The first-order valence-corrected chi connectivity index (χ1v) is 8.37. The average molecular weight is 334 g/mol. The highest BCUT2D eigenvalue weighted by Crippen LogP contribution is 2.27. The van der Waals surface area contributed by atoms with Crippen molar-refractivity contribution >= 4 is 34.9 Å². The van der Waals surface area contributed by atoms with Gasteiger partial charge < -0.3 is 15.4 Å². The second-order valence-electron chi connectivity index (χ2n) is 5.65. The van der Waals surface area contributed by atoms with Gasteiger partial charge in [0.15, 0.2) is 5.11 Å². The molecule has 1 aliphatic rings. The smallest absolute Gasteiger partial charge is 0.338 e. The highest BCUT2D eigenvalue weighted by atomic mass is 32.1. The van der Waals surface area contributed by atoms with Crippen LogP contribution < -0.4 is 10.6 Å². The number of carbonyl (C=O) groups excluding carboxylic acids is 2. The molecule has 1 aromatic rings. The summed E-state index contributed by atoms with van der Waals surface area (Å²) in [7, 11) is 0. The van der Waals surface area contributed by atoms with Crippen LogP contribution in [-0.4, -0.2) is 23.6 Å². The quantitative estimate of drug-likeness (QED) is 0.639. The van der Waals surface area contributed by atoms with Crippen LogP contribution in [0.4, 0.5) is 5.69 Å². The Morgan fingerprint density at radius 3 is 2.48 bits per heavy atom. The Balaban J connectivity index is 1.80. The van der Waals surface area contributed by atoms with E-state index in [4.69, 9.17) is 17.0 Å². The van der Waals surface area contributed by atoms with Crippen LogP contribution in [-0.2, 0) is 9.53 Å². The summed E-state index contributed by atoms with van der Waals surface area (Å²) in [6.07, 6.45) is 5.22. The van der Waals surface area contributed by atoms with Gasteiger partial charge in [-0.25, -0.2) is 4.79 Å². The number of benzene rings is 1. The molecule has 0 atom stereocenters. The number of hydrogen-bond acceptors (Lipinski definition) is 4. The van der Waals surface area contributed by atoms with Gasteiger partial charge in [-0.15, -0.1) is 0 Å². The molecule has 5 nitrogen and oxygen atoms in total. The summed E-state index contributed by atoms with van der Waals surface area (Å²) in [5, 5.41) is 5.92. The molecular formula is C17H22N2O3S. The third kappa shape index (κ3) is 5.63. The number of amides is 1. The van der Waals surface area contributed by atoms with E-state index in [-0.39, 0.29) is 17.0 Å². The van der Waals surface area contributed by atoms with E-state index in [2.05, 4.69) is 10.6 Å². The SMILES string of the molecule is CCOC(=O)c1ccc(NC(=S)NC(=O)CC2CCCC2)cc1. The van der Waals surface area contributed by atoms with E-state index in [9.17, 15) is 9.59 Å². The molecule has 0 spiro atoms. The Labute approximate surface area is 141 Å². The van der Waals surface area contributed by atoms with Gasteiger partial charge in [-0.2, -0.15) is 0 Å². The summed E-state index contributed by atoms with van der Waals surface area (Å²) in [5.41, 5.74) is 1.19. The van der Waals surface area contributed by atoms with Crippen molar-refractivity contribution in [2.24, 2.45) is 5.92 Å². The first kappa shape index (κ1) is 17.4. The molecule has 1 saturated carbocycles. The molecule has 1 aliphatic carbocycles. The first-order valence-electron chi connectivity index (χ1n) is 7.96. The van der Waals surface area contributed by atoms with Gasteiger partial charge in [0.1, 0.15) is 0 Å². The number of nitrogens with one attached hydrogen (secondary N) is 2. The van der Waals surface area contributed by atoms with Gasteiger partial charge in [0.05, 0.1) is 12.2 Å². The summed E-state index contributed by atoms with van der Waals surface area (Å²) in [4.78, 5) is 23.5. The fourth-order valence-electron chi connectivity index (χ4n) is 2.72. The van der Waals surface area contributed by atoms with E-state index in [1.54, 1.807) is 31.2 Å². The van der Waals surface area contributed by atoms with Crippen molar-refractivity contribution in [1.29, 1.82) is 0 Å². The number of esters is 1. The highest BCUT2D eigenvalue weighted by Gasteiger charge is 2.18. The molecule has 124 valence electrons. The molecule has 0 radical (unpaired) electrons. The molecule has 2 rings (SSSR count). The van der Waals surface area contributed by atoms with Crippen molar-refractivity contribution in [2.45, 2.75) is 39.0 Å². The Bertz CT molecular complexity index is 566. The Hall–Kier alpha value is -1.95. The van der Waals surface area contributed by atoms with Gasteiger partial charge >= 0.3 is 5.97 Å². The number of ether oxygens (including phenoxy) is 1. The van der Waals surface area contributed by atoms with Crippen LogP contribution in [0.5, 0.6) is 0 Å². The van der Waals surface area contributed by atoms with Gasteiger partial charge in [0.2, 0.25) is 5.91 Å². The minimum absolute atomic E-state index is 0.0439. The summed E-state index contributed by atoms with van der Waals surface area (Å²) in [6.45, 7) is 2.11. The first-order chi connectivity index (χ1) is 11.1. The number of hydrogen-bond donors (Lipinski definition) is 2. The van der Waals surface area contributed by atoms with E-state index in [1.807, 2.05) is 0 Å². The maximum atomic E-state index is 11.9. The lowest BCUT2D eigenvalue weighted by Crippen LogP contribution is -2.34. The lowest BCUT2D eigenvalue weighted by atomic mass is 10.0. The molecule has 1 fully saturated rings. The third-order valence-corrected chi connectivity index (χ3v) is 4.06. The molecule has 2 N–H and O–H groups in total. The molecule has 0 aromatic heterocycles. The standard InChI is InChI=1S/C17H22N2O3S/c1-2-22-16(21)13-7-9-14(10-8-13)18-17(23)19-15(20)11-12-5-3-4-6-12/h7-10,12H,2-6,11H2,1H3,(H2,18,19,20,23). The molecule has 0 saturated heterocycles.